The molecule has 178 valence electrons. The Hall–Kier alpha value is -1.95. The van der Waals surface area contributed by atoms with E-state index in [0.29, 0.717) is 12.8 Å². The lowest BCUT2D eigenvalue weighted by atomic mass is 9.51. The van der Waals surface area contributed by atoms with E-state index in [1.165, 1.54) is 5.56 Å². The minimum Gasteiger partial charge on any atom is -0.388 e. The summed E-state index contributed by atoms with van der Waals surface area (Å²) in [6.45, 7) is 8.23. The molecule has 0 radical (unpaired) electrons. The summed E-state index contributed by atoms with van der Waals surface area (Å²) in [4.78, 5) is 13.9. The second-order valence-corrected chi connectivity index (χ2v) is 11.4. The number of epoxide rings is 1. The third-order valence-corrected chi connectivity index (χ3v) is 8.97. The number of fused-ring (bicyclic) bond motifs is 2. The van der Waals surface area contributed by atoms with Gasteiger partial charge < -0.3 is 20.3 Å². The first-order valence-corrected chi connectivity index (χ1v) is 12.4. The van der Waals surface area contributed by atoms with Crippen LogP contribution in [0.4, 0.5) is 0 Å². The molecule has 10 atom stereocenters. The molecular weight excluding hydrogens is 414 g/mol. The number of carbonyl (C=O) groups is 1. The minimum atomic E-state index is -1.04. The number of hydrogen-bond acceptors (Lipinski definition) is 4. The highest BCUT2D eigenvalue weighted by Crippen LogP contribution is 2.66. The average molecular weight is 452 g/mol. The van der Waals surface area contributed by atoms with Crippen LogP contribution >= 0.6 is 0 Å². The lowest BCUT2D eigenvalue weighted by molar-refractivity contribution is -0.142. The molecule has 5 rings (SSSR count). The largest absolute Gasteiger partial charge is 0.388 e. The monoisotopic (exact) mass is 451 g/mol. The summed E-state index contributed by atoms with van der Waals surface area (Å²) in [5.74, 6) is -0.0603. The number of amides is 1. The summed E-state index contributed by atoms with van der Waals surface area (Å²) in [5, 5.41) is 25.9. The van der Waals surface area contributed by atoms with Gasteiger partial charge in [0, 0.05) is 17.9 Å². The van der Waals surface area contributed by atoms with E-state index in [4.69, 9.17) is 4.74 Å². The normalized spacial score (nSPS) is 48.8. The first-order chi connectivity index (χ1) is 15.6. The van der Waals surface area contributed by atoms with Crippen LogP contribution in [0.15, 0.2) is 54.6 Å². The second kappa shape index (κ2) is 7.79. The summed E-state index contributed by atoms with van der Waals surface area (Å²) in [7, 11) is 0. The molecule has 1 saturated carbocycles. The van der Waals surface area contributed by atoms with Crippen molar-refractivity contribution in [2.24, 2.45) is 29.1 Å². The molecule has 2 aliphatic carbocycles. The first-order valence-electron chi connectivity index (χ1n) is 12.4. The number of aliphatic hydroxyl groups excluding tert-OH is 1. The second-order valence-electron chi connectivity index (χ2n) is 11.4. The number of ether oxygens (including phenoxy) is 1. The third kappa shape index (κ3) is 3.51. The van der Waals surface area contributed by atoms with Crippen LogP contribution in [-0.2, 0) is 16.0 Å². The van der Waals surface area contributed by atoms with Crippen molar-refractivity contribution in [3.8, 4) is 0 Å². The molecule has 5 heteroatoms. The highest BCUT2D eigenvalue weighted by molar-refractivity contribution is 5.88. The SMILES string of the molecule is C[C@H]1CC=C[C@H]2[C@@H]3O[C@]3(C)[C@@H](C)[C@H]3[C@H](Cc4ccccc4)NC(=O)[C@]32[C@H](O)C=C[C@](C)(O)C1. The number of carbonyl (C=O) groups excluding carboxylic acids is 1. The fourth-order valence-corrected chi connectivity index (χ4v) is 7.25. The molecule has 2 saturated heterocycles. The molecule has 3 N–H and O–H groups in total. The Labute approximate surface area is 196 Å². The van der Waals surface area contributed by atoms with E-state index in [-0.39, 0.29) is 47.3 Å². The van der Waals surface area contributed by atoms with E-state index in [1.807, 2.05) is 18.2 Å². The molecule has 2 heterocycles. The Morgan fingerprint density at radius 3 is 2.61 bits per heavy atom. The number of allylic oxidation sites excluding steroid dienone is 1. The van der Waals surface area contributed by atoms with Gasteiger partial charge in [-0.15, -0.1) is 0 Å². The van der Waals surface area contributed by atoms with Crippen molar-refractivity contribution in [3.63, 3.8) is 0 Å². The maximum atomic E-state index is 13.9. The number of nitrogens with one attached hydrogen (secondary N) is 1. The minimum absolute atomic E-state index is 0.0902. The molecule has 4 aliphatic rings. The molecule has 1 spiro atoms. The van der Waals surface area contributed by atoms with Crippen LogP contribution in [0, 0.1) is 29.1 Å². The molecule has 1 amide bonds. The Morgan fingerprint density at radius 1 is 1.15 bits per heavy atom. The van der Waals surface area contributed by atoms with Gasteiger partial charge in [0.25, 0.3) is 0 Å². The number of rotatable bonds is 2. The fraction of sp³-hybridized carbons (Fsp3) is 0.607. The van der Waals surface area contributed by atoms with Gasteiger partial charge in [-0.05, 0) is 50.5 Å². The van der Waals surface area contributed by atoms with Gasteiger partial charge in [-0.3, -0.25) is 4.79 Å². The Morgan fingerprint density at radius 2 is 1.88 bits per heavy atom. The van der Waals surface area contributed by atoms with Crippen molar-refractivity contribution in [3.05, 3.63) is 60.2 Å². The Bertz CT molecular complexity index is 971. The highest BCUT2D eigenvalue weighted by Gasteiger charge is 2.77. The van der Waals surface area contributed by atoms with Crippen LogP contribution in [0.5, 0.6) is 0 Å². The van der Waals surface area contributed by atoms with Crippen molar-refractivity contribution in [2.75, 3.05) is 0 Å². The van der Waals surface area contributed by atoms with E-state index in [2.05, 4.69) is 50.4 Å². The summed E-state index contributed by atoms with van der Waals surface area (Å²) >= 11 is 0. The van der Waals surface area contributed by atoms with Crippen molar-refractivity contribution in [2.45, 2.75) is 76.4 Å². The van der Waals surface area contributed by atoms with E-state index in [1.54, 1.807) is 19.1 Å². The Kier molecular flexibility index (Phi) is 5.39. The van der Waals surface area contributed by atoms with Crippen LogP contribution in [0.3, 0.4) is 0 Å². The first kappa shape index (κ1) is 22.8. The predicted octanol–water partition coefficient (Wildman–Crippen LogP) is 3.41. The summed E-state index contributed by atoms with van der Waals surface area (Å²) in [6, 6.07) is 10.1. The van der Waals surface area contributed by atoms with Crippen LogP contribution in [-0.4, -0.2) is 45.6 Å². The smallest absolute Gasteiger partial charge is 0.230 e. The Balaban J connectivity index is 1.63. The van der Waals surface area contributed by atoms with Crippen molar-refractivity contribution in [1.82, 2.24) is 5.32 Å². The quantitative estimate of drug-likeness (QED) is 0.475. The maximum absolute atomic E-state index is 13.9. The molecule has 0 aromatic heterocycles. The number of aliphatic hydroxyl groups is 2. The van der Waals surface area contributed by atoms with E-state index < -0.39 is 17.1 Å². The van der Waals surface area contributed by atoms with E-state index in [9.17, 15) is 15.0 Å². The van der Waals surface area contributed by atoms with Crippen molar-refractivity contribution in [1.29, 1.82) is 0 Å². The lowest BCUT2D eigenvalue weighted by Gasteiger charge is -2.48. The predicted molar refractivity (Wildman–Crippen MR) is 127 cm³/mol. The van der Waals surface area contributed by atoms with Gasteiger partial charge in [-0.2, -0.15) is 0 Å². The van der Waals surface area contributed by atoms with Gasteiger partial charge in [0.05, 0.1) is 28.8 Å². The summed E-state index contributed by atoms with van der Waals surface area (Å²) in [5.41, 5.74) is -1.20. The number of hydrogen-bond donors (Lipinski definition) is 3. The molecule has 0 bridgehead atoms. The van der Waals surface area contributed by atoms with Crippen LogP contribution in [0.25, 0.3) is 0 Å². The molecular formula is C28H37NO4. The topological polar surface area (TPSA) is 82.1 Å². The molecule has 2 aliphatic heterocycles. The van der Waals surface area contributed by atoms with Crippen LogP contribution in [0.1, 0.15) is 46.1 Å². The zero-order valence-corrected chi connectivity index (χ0v) is 20.1. The van der Waals surface area contributed by atoms with Gasteiger partial charge in [-0.25, -0.2) is 0 Å². The van der Waals surface area contributed by atoms with E-state index in [0.717, 1.165) is 6.42 Å². The fourth-order valence-electron chi connectivity index (χ4n) is 7.25. The summed E-state index contributed by atoms with van der Waals surface area (Å²) in [6.07, 6.45) is 8.65. The van der Waals surface area contributed by atoms with Gasteiger partial charge in [0.1, 0.15) is 0 Å². The third-order valence-electron chi connectivity index (χ3n) is 8.97. The zero-order chi connectivity index (χ0) is 23.6. The summed E-state index contributed by atoms with van der Waals surface area (Å²) < 4.78 is 6.33. The maximum Gasteiger partial charge on any atom is 0.230 e. The van der Waals surface area contributed by atoms with Gasteiger partial charge >= 0.3 is 0 Å². The standard InChI is InChI=1S/C28H37NO4/c1-17-9-8-12-20-24-27(4,33-24)18(2)23-21(15-19-10-6-5-7-11-19)29-25(31)28(20,23)22(30)13-14-26(3,32)16-17/h5-8,10-14,17-18,20-24,30,32H,9,15-16H2,1-4H3,(H,29,31)/t17-,18-,20-,21-,22+,23-,24-,26-,27+,28+/m0/s1. The molecule has 33 heavy (non-hydrogen) atoms. The molecule has 3 fully saturated rings. The van der Waals surface area contributed by atoms with Gasteiger partial charge in [-0.1, -0.05) is 68.5 Å². The van der Waals surface area contributed by atoms with E-state index >= 15 is 0 Å². The van der Waals surface area contributed by atoms with Gasteiger partial charge in [0.15, 0.2) is 0 Å². The molecule has 1 aromatic carbocycles. The average Bonchev–Trinajstić information content (AvgIpc) is 3.37. The molecule has 5 nitrogen and oxygen atoms in total. The van der Waals surface area contributed by atoms with Crippen molar-refractivity contribution < 1.29 is 19.7 Å². The molecule has 1 aromatic rings. The van der Waals surface area contributed by atoms with Gasteiger partial charge in [0.2, 0.25) is 5.91 Å². The zero-order valence-electron chi connectivity index (χ0n) is 20.1. The van der Waals surface area contributed by atoms with Crippen molar-refractivity contribution >= 4 is 5.91 Å². The van der Waals surface area contributed by atoms with Crippen LogP contribution < -0.4 is 5.32 Å². The highest BCUT2D eigenvalue weighted by atomic mass is 16.6. The number of benzene rings is 1. The van der Waals surface area contributed by atoms with Crippen LogP contribution in [0.2, 0.25) is 0 Å². The lowest BCUT2D eigenvalue weighted by Crippen LogP contribution is -2.59. The molecule has 0 unspecified atom stereocenters.